The molecule has 7 heteroatoms. The second kappa shape index (κ2) is 4.67. The van der Waals surface area contributed by atoms with Gasteiger partial charge in [0.2, 0.25) is 0 Å². The van der Waals surface area contributed by atoms with E-state index in [0.29, 0.717) is 16.4 Å². The molecule has 2 nitrogen and oxygen atoms in total. The predicted molar refractivity (Wildman–Crippen MR) is 88.4 cm³/mol. The van der Waals surface area contributed by atoms with Gasteiger partial charge < -0.3 is 17.6 Å². The molecule has 22 heavy (non-hydrogen) atoms. The normalized spacial score (nSPS) is 18.3. The molecule has 2 aliphatic rings. The molecular formula is C15H9BBrClF2N2. The third kappa shape index (κ3) is 1.80. The molecule has 0 unspecified atom stereocenters. The van der Waals surface area contributed by atoms with Crippen molar-refractivity contribution in [3.05, 3.63) is 75.1 Å². The maximum absolute atomic E-state index is 14.7. The first-order valence-corrected chi connectivity index (χ1v) is 7.86. The van der Waals surface area contributed by atoms with Crippen LogP contribution in [-0.4, -0.2) is 22.1 Å². The first kappa shape index (κ1) is 14.0. The van der Waals surface area contributed by atoms with Crippen molar-refractivity contribution in [2.24, 2.45) is 0 Å². The van der Waals surface area contributed by atoms with Gasteiger partial charge in [0.15, 0.2) is 5.70 Å². The maximum atomic E-state index is 14.7. The summed E-state index contributed by atoms with van der Waals surface area (Å²) in [5.41, 5.74) is 2.49. The van der Waals surface area contributed by atoms with Crippen molar-refractivity contribution in [1.82, 2.24) is 4.48 Å². The average molecular weight is 381 g/mol. The van der Waals surface area contributed by atoms with E-state index in [9.17, 15) is 8.63 Å². The van der Waals surface area contributed by atoms with E-state index >= 15 is 0 Å². The minimum absolute atomic E-state index is 0.485. The van der Waals surface area contributed by atoms with Crippen molar-refractivity contribution in [3.8, 4) is 0 Å². The summed E-state index contributed by atoms with van der Waals surface area (Å²) in [5, 5.41) is 0.560. The molecule has 0 saturated carbocycles. The number of allylic oxidation sites excluding steroid dienone is 2. The van der Waals surface area contributed by atoms with E-state index in [4.69, 9.17) is 11.6 Å². The molecule has 2 aromatic rings. The van der Waals surface area contributed by atoms with Crippen LogP contribution in [0.5, 0.6) is 0 Å². The summed E-state index contributed by atoms with van der Waals surface area (Å²) < 4.78 is 32.2. The summed E-state index contributed by atoms with van der Waals surface area (Å²) in [5.74, 6) is 0. The van der Waals surface area contributed by atoms with Crippen LogP contribution in [0.25, 0.3) is 5.57 Å². The Balaban J connectivity index is 2.09. The minimum atomic E-state index is -3.87. The number of aromatic nitrogens is 1. The molecule has 0 fully saturated rings. The summed E-state index contributed by atoms with van der Waals surface area (Å²) in [7, 11) is 0. The van der Waals surface area contributed by atoms with Crippen molar-refractivity contribution in [2.45, 2.75) is 0 Å². The zero-order valence-corrected chi connectivity index (χ0v) is 13.5. The Bertz CT molecular complexity index is 899. The zero-order valence-electron chi connectivity index (χ0n) is 11.2. The highest BCUT2D eigenvalue weighted by atomic mass is 79.9. The summed E-state index contributed by atoms with van der Waals surface area (Å²) in [6.45, 7) is -3.87. The highest BCUT2D eigenvalue weighted by Gasteiger charge is 2.51. The number of hydrogen-bond donors (Lipinski definition) is 0. The Morgan fingerprint density at radius 2 is 2.05 bits per heavy atom. The average Bonchev–Trinajstić information content (AvgIpc) is 3.12. The van der Waals surface area contributed by atoms with Crippen molar-refractivity contribution >= 4 is 46.3 Å². The lowest BCUT2D eigenvalue weighted by Crippen LogP contribution is -2.49. The Hall–Kier alpha value is -1.66. The molecule has 4 rings (SSSR count). The van der Waals surface area contributed by atoms with Crippen LogP contribution >= 0.6 is 27.5 Å². The van der Waals surface area contributed by atoms with Gasteiger partial charge in [0.1, 0.15) is 6.21 Å². The van der Waals surface area contributed by atoms with Gasteiger partial charge in [-0.15, -0.1) is 0 Å². The summed E-state index contributed by atoms with van der Waals surface area (Å²) in [4.78, 5) is 0. The quantitative estimate of drug-likeness (QED) is 0.641. The van der Waals surface area contributed by atoms with Crippen molar-refractivity contribution < 1.29 is 13.1 Å². The van der Waals surface area contributed by atoms with Crippen LogP contribution in [0.3, 0.4) is 0 Å². The van der Waals surface area contributed by atoms with Gasteiger partial charge >= 0.3 is 6.97 Å². The molecular weight excluding hydrogens is 372 g/mol. The van der Waals surface area contributed by atoms with Crippen LogP contribution in [0, 0.1) is 0 Å². The molecule has 0 N–H and O–H groups in total. The van der Waals surface area contributed by atoms with Gasteiger partial charge in [0, 0.05) is 32.9 Å². The standard InChI is InChI=1S/C15H9BBrClF2N2/c17-12-6-5-10(18)9-11(12)15-13-3-1-7-21(13)16(19,20)22-8-2-4-14(15)22/h1-9H. The molecule has 0 spiro atoms. The molecule has 2 aliphatic heterocycles. The number of fused-ring (bicyclic) bond motifs is 2. The SMILES string of the molecule is F[B-]1(F)n2cccc2C(c2cc(Cl)ccc2Br)=C2C=CC=[N+]21. The van der Waals surface area contributed by atoms with E-state index < -0.39 is 6.97 Å². The molecule has 3 heterocycles. The lowest BCUT2D eigenvalue weighted by Gasteiger charge is -2.31. The van der Waals surface area contributed by atoms with E-state index in [1.54, 1.807) is 36.4 Å². The van der Waals surface area contributed by atoms with Crippen molar-refractivity contribution in [2.75, 3.05) is 0 Å². The highest BCUT2D eigenvalue weighted by Crippen LogP contribution is 2.41. The van der Waals surface area contributed by atoms with Crippen LogP contribution < -0.4 is 0 Å². The van der Waals surface area contributed by atoms with E-state index in [1.807, 2.05) is 6.07 Å². The molecule has 0 saturated heterocycles. The topological polar surface area (TPSA) is 7.94 Å². The van der Waals surface area contributed by atoms with Crippen LogP contribution in [-0.2, 0) is 0 Å². The lowest BCUT2D eigenvalue weighted by atomic mass is 9.86. The van der Waals surface area contributed by atoms with Gasteiger partial charge in [-0.2, -0.15) is 0 Å². The molecule has 1 aromatic carbocycles. The van der Waals surface area contributed by atoms with Crippen LogP contribution in [0.15, 0.2) is 58.9 Å². The number of rotatable bonds is 1. The van der Waals surface area contributed by atoms with Crippen molar-refractivity contribution in [3.63, 3.8) is 0 Å². The molecule has 0 radical (unpaired) electrons. The summed E-state index contributed by atoms with van der Waals surface area (Å²) in [6.07, 6.45) is 6.16. The predicted octanol–water partition coefficient (Wildman–Crippen LogP) is 4.55. The Labute approximate surface area is 139 Å². The van der Waals surface area contributed by atoms with E-state index in [1.165, 1.54) is 12.4 Å². The first-order chi connectivity index (χ1) is 10.5. The first-order valence-electron chi connectivity index (χ1n) is 6.69. The van der Waals surface area contributed by atoms with Crippen LogP contribution in [0.1, 0.15) is 11.3 Å². The third-order valence-electron chi connectivity index (χ3n) is 3.94. The zero-order chi connectivity index (χ0) is 15.5. The Kier molecular flexibility index (Phi) is 2.96. The third-order valence-corrected chi connectivity index (χ3v) is 4.86. The fourth-order valence-electron chi connectivity index (χ4n) is 2.98. The minimum Gasteiger partial charge on any atom is -0.396 e. The second-order valence-corrected chi connectivity index (χ2v) is 6.48. The summed E-state index contributed by atoms with van der Waals surface area (Å²) >= 11 is 9.60. The van der Waals surface area contributed by atoms with E-state index in [2.05, 4.69) is 15.9 Å². The van der Waals surface area contributed by atoms with Gasteiger partial charge in [-0.1, -0.05) is 27.5 Å². The fourth-order valence-corrected chi connectivity index (χ4v) is 3.60. The van der Waals surface area contributed by atoms with Gasteiger partial charge in [0.05, 0.1) is 5.57 Å². The fraction of sp³-hybridized carbons (Fsp3) is 0. The number of benzene rings is 1. The van der Waals surface area contributed by atoms with E-state index in [-0.39, 0.29) is 0 Å². The molecule has 0 aliphatic carbocycles. The number of hydrogen-bond acceptors (Lipinski definition) is 0. The smallest absolute Gasteiger partial charge is 0.396 e. The lowest BCUT2D eigenvalue weighted by molar-refractivity contribution is -0.356. The van der Waals surface area contributed by atoms with Gasteiger partial charge in [-0.3, -0.25) is 0 Å². The molecule has 0 amide bonds. The maximum Gasteiger partial charge on any atom is 0.737 e. The van der Waals surface area contributed by atoms with Gasteiger partial charge in [-0.25, -0.2) is 0 Å². The summed E-state index contributed by atoms with van der Waals surface area (Å²) in [6, 6.07) is 8.70. The number of nitrogens with zero attached hydrogens (tertiary/aromatic N) is 2. The second-order valence-electron chi connectivity index (χ2n) is 5.19. The highest BCUT2D eigenvalue weighted by molar-refractivity contribution is 9.10. The largest absolute Gasteiger partial charge is 0.737 e. The monoisotopic (exact) mass is 380 g/mol. The Morgan fingerprint density at radius 1 is 1.23 bits per heavy atom. The molecule has 0 bridgehead atoms. The van der Waals surface area contributed by atoms with Gasteiger partial charge in [0.25, 0.3) is 0 Å². The van der Waals surface area contributed by atoms with Crippen LogP contribution in [0.2, 0.25) is 5.02 Å². The molecule has 110 valence electrons. The number of halogens is 4. The van der Waals surface area contributed by atoms with E-state index in [0.717, 1.165) is 24.6 Å². The Morgan fingerprint density at radius 3 is 2.86 bits per heavy atom. The molecule has 0 atom stereocenters. The van der Waals surface area contributed by atoms with Crippen molar-refractivity contribution in [1.29, 1.82) is 0 Å². The van der Waals surface area contributed by atoms with Gasteiger partial charge in [-0.05, 0) is 36.5 Å². The van der Waals surface area contributed by atoms with Crippen LogP contribution in [0.4, 0.5) is 8.63 Å². The molecule has 1 aromatic heterocycles.